The lowest BCUT2D eigenvalue weighted by Crippen LogP contribution is -1.77. The molecule has 0 fully saturated rings. The van der Waals surface area contributed by atoms with Gasteiger partial charge in [-0.1, -0.05) is 0 Å². The molecule has 0 unspecified atom stereocenters. The standard InChI is InChI=1S/C7H16P/c1-7(2)6-8(3,4)5/h6H,1-5H3/q+1. The predicted octanol–water partition coefficient (Wildman–Crippen LogP) is 2.82. The van der Waals surface area contributed by atoms with Gasteiger partial charge in [0.25, 0.3) is 0 Å². The van der Waals surface area contributed by atoms with Crippen molar-refractivity contribution in [3.05, 3.63) is 11.4 Å². The van der Waals surface area contributed by atoms with E-state index in [1.807, 2.05) is 0 Å². The Morgan fingerprint density at radius 1 is 1.12 bits per heavy atom. The zero-order valence-corrected chi connectivity index (χ0v) is 7.42. The Morgan fingerprint density at radius 3 is 1.50 bits per heavy atom. The minimum atomic E-state index is -0.634. The second-order valence-corrected chi connectivity index (χ2v) is 7.81. The van der Waals surface area contributed by atoms with Crippen LogP contribution < -0.4 is 0 Å². The highest BCUT2D eigenvalue weighted by molar-refractivity contribution is 7.76. The van der Waals surface area contributed by atoms with Crippen molar-refractivity contribution in [3.8, 4) is 0 Å². The van der Waals surface area contributed by atoms with Crippen LogP contribution in [0.3, 0.4) is 0 Å². The van der Waals surface area contributed by atoms with Gasteiger partial charge < -0.3 is 0 Å². The van der Waals surface area contributed by atoms with E-state index < -0.39 is 7.26 Å². The maximum absolute atomic E-state index is 2.38. The lowest BCUT2D eigenvalue weighted by molar-refractivity contribution is 1.41. The van der Waals surface area contributed by atoms with Crippen molar-refractivity contribution in [2.45, 2.75) is 13.8 Å². The molecule has 0 radical (unpaired) electrons. The molecule has 0 aromatic rings. The Balaban J connectivity index is 3.89. The molecule has 0 aliphatic carbocycles. The fourth-order valence-corrected chi connectivity index (χ4v) is 2.32. The zero-order valence-electron chi connectivity index (χ0n) is 6.52. The van der Waals surface area contributed by atoms with E-state index in [9.17, 15) is 0 Å². The fourth-order valence-electron chi connectivity index (χ4n) is 0.775. The van der Waals surface area contributed by atoms with Crippen LogP contribution in [0, 0.1) is 0 Å². The van der Waals surface area contributed by atoms with Gasteiger partial charge in [-0.3, -0.25) is 0 Å². The highest BCUT2D eigenvalue weighted by atomic mass is 31.2. The van der Waals surface area contributed by atoms with Gasteiger partial charge in [0.1, 0.15) is 0 Å². The summed E-state index contributed by atoms with van der Waals surface area (Å²) in [7, 11) is -0.634. The van der Waals surface area contributed by atoms with Gasteiger partial charge in [0, 0.05) is 7.26 Å². The van der Waals surface area contributed by atoms with Crippen molar-refractivity contribution in [2.75, 3.05) is 20.0 Å². The van der Waals surface area contributed by atoms with Crippen LogP contribution in [-0.4, -0.2) is 20.0 Å². The van der Waals surface area contributed by atoms with E-state index >= 15 is 0 Å². The largest absolute Gasteiger partial charge is 0.0565 e. The molecule has 1 heteroatoms. The molecule has 0 aliphatic rings. The first-order valence-electron chi connectivity index (χ1n) is 2.89. The third-order valence-corrected chi connectivity index (χ3v) is 1.94. The second-order valence-electron chi connectivity index (χ2n) is 3.32. The van der Waals surface area contributed by atoms with Crippen molar-refractivity contribution in [3.63, 3.8) is 0 Å². The molecule has 8 heavy (non-hydrogen) atoms. The number of hydrogen-bond acceptors (Lipinski definition) is 0. The average Bonchev–Trinajstić information content (AvgIpc) is 1.21. The highest BCUT2D eigenvalue weighted by Gasteiger charge is 2.11. The molecule has 0 saturated heterocycles. The molecule has 0 amide bonds. The predicted molar refractivity (Wildman–Crippen MR) is 44.1 cm³/mol. The molecule has 0 spiro atoms. The topological polar surface area (TPSA) is 0 Å². The maximum Gasteiger partial charge on any atom is 0.0565 e. The Labute approximate surface area is 53.3 Å². The Hall–Kier alpha value is 0.170. The lowest BCUT2D eigenvalue weighted by atomic mass is 10.4. The third-order valence-electron chi connectivity index (χ3n) is 0.645. The Kier molecular flexibility index (Phi) is 2.70. The summed E-state index contributed by atoms with van der Waals surface area (Å²) in [5, 5.41) is 0. The average molecular weight is 131 g/mol. The Bertz CT molecular complexity index is 91.4. The quantitative estimate of drug-likeness (QED) is 0.480. The molecule has 0 heterocycles. The second kappa shape index (κ2) is 2.64. The van der Waals surface area contributed by atoms with Crippen molar-refractivity contribution in [2.24, 2.45) is 0 Å². The van der Waals surface area contributed by atoms with Crippen LogP contribution in [0.2, 0.25) is 0 Å². The van der Waals surface area contributed by atoms with E-state index in [0.717, 1.165) is 0 Å². The molecule has 0 aliphatic heterocycles. The van der Waals surface area contributed by atoms with Gasteiger partial charge in [0.2, 0.25) is 0 Å². The minimum absolute atomic E-state index is 0.634. The van der Waals surface area contributed by atoms with Gasteiger partial charge in [-0.2, -0.15) is 0 Å². The van der Waals surface area contributed by atoms with Gasteiger partial charge in [0.05, 0.1) is 25.8 Å². The first kappa shape index (κ1) is 8.17. The van der Waals surface area contributed by atoms with Crippen LogP contribution in [0.5, 0.6) is 0 Å². The number of hydrogen-bond donors (Lipinski definition) is 0. The minimum Gasteiger partial charge on any atom is -0.0417 e. The summed E-state index contributed by atoms with van der Waals surface area (Å²) in [5.74, 6) is 2.38. The van der Waals surface area contributed by atoms with Crippen LogP contribution in [-0.2, 0) is 0 Å². The van der Waals surface area contributed by atoms with E-state index in [1.165, 1.54) is 5.57 Å². The van der Waals surface area contributed by atoms with E-state index in [-0.39, 0.29) is 0 Å². The van der Waals surface area contributed by atoms with Crippen molar-refractivity contribution >= 4 is 7.26 Å². The van der Waals surface area contributed by atoms with Crippen LogP contribution in [0.1, 0.15) is 13.8 Å². The molecule has 0 atom stereocenters. The highest BCUT2D eigenvalue weighted by Crippen LogP contribution is 2.48. The van der Waals surface area contributed by atoms with Crippen LogP contribution in [0.4, 0.5) is 0 Å². The molecule has 0 aromatic heterocycles. The molecule has 0 saturated carbocycles. The summed E-state index contributed by atoms with van der Waals surface area (Å²) < 4.78 is 0. The monoisotopic (exact) mass is 131 g/mol. The third kappa shape index (κ3) is 6.17. The summed E-state index contributed by atoms with van der Waals surface area (Å²) in [6.07, 6.45) is 0. The SMILES string of the molecule is CC(C)=C[P+](C)(C)C. The zero-order chi connectivity index (χ0) is 6.78. The molecule has 0 bridgehead atoms. The lowest BCUT2D eigenvalue weighted by Gasteiger charge is -2.03. The summed E-state index contributed by atoms with van der Waals surface area (Å²) in [5.41, 5.74) is 1.45. The van der Waals surface area contributed by atoms with E-state index in [2.05, 4.69) is 39.7 Å². The van der Waals surface area contributed by atoms with E-state index in [4.69, 9.17) is 0 Å². The van der Waals surface area contributed by atoms with Crippen molar-refractivity contribution in [1.29, 1.82) is 0 Å². The van der Waals surface area contributed by atoms with Gasteiger partial charge >= 0.3 is 0 Å². The van der Waals surface area contributed by atoms with Crippen molar-refractivity contribution < 1.29 is 0 Å². The molecular weight excluding hydrogens is 115 g/mol. The van der Waals surface area contributed by atoms with Crippen molar-refractivity contribution in [1.82, 2.24) is 0 Å². The smallest absolute Gasteiger partial charge is 0.0417 e. The number of rotatable bonds is 1. The molecule has 0 rings (SSSR count). The summed E-state index contributed by atoms with van der Waals surface area (Å²) in [6.45, 7) is 11.3. The van der Waals surface area contributed by atoms with Crippen LogP contribution in [0.25, 0.3) is 0 Å². The van der Waals surface area contributed by atoms with Crippen LogP contribution >= 0.6 is 7.26 Å². The normalized spacial score (nSPS) is 11.1. The van der Waals surface area contributed by atoms with Gasteiger partial charge in [-0.15, -0.1) is 0 Å². The van der Waals surface area contributed by atoms with Crippen LogP contribution in [0.15, 0.2) is 11.4 Å². The van der Waals surface area contributed by atoms with Gasteiger partial charge in [-0.25, -0.2) is 0 Å². The molecule has 0 N–H and O–H groups in total. The molecule has 0 nitrogen and oxygen atoms in total. The summed E-state index contributed by atoms with van der Waals surface area (Å²) >= 11 is 0. The molecule has 0 aromatic carbocycles. The first-order valence-corrected chi connectivity index (χ1v) is 6.09. The summed E-state index contributed by atoms with van der Waals surface area (Å²) in [4.78, 5) is 0. The van der Waals surface area contributed by atoms with E-state index in [0.29, 0.717) is 0 Å². The maximum atomic E-state index is 2.38. The van der Waals surface area contributed by atoms with Gasteiger partial charge in [-0.05, 0) is 19.4 Å². The fraction of sp³-hybridized carbons (Fsp3) is 0.714. The summed E-state index contributed by atoms with van der Waals surface area (Å²) in [6, 6.07) is 0. The first-order chi connectivity index (χ1) is 3.42. The van der Waals surface area contributed by atoms with E-state index in [1.54, 1.807) is 0 Å². The number of allylic oxidation sites excluding steroid dienone is 1. The van der Waals surface area contributed by atoms with Gasteiger partial charge in [0.15, 0.2) is 0 Å². The molecular formula is C7H16P+. The Morgan fingerprint density at radius 2 is 1.50 bits per heavy atom. The molecule has 48 valence electrons.